The van der Waals surface area contributed by atoms with Crippen molar-refractivity contribution in [3.63, 3.8) is 0 Å². The molecule has 1 aromatic heterocycles. The number of benzene rings is 1. The lowest BCUT2D eigenvalue weighted by Gasteiger charge is -2.12. The first-order chi connectivity index (χ1) is 12.0. The Bertz CT molecular complexity index is 942. The van der Waals surface area contributed by atoms with Crippen LogP contribution in [-0.4, -0.2) is 9.67 Å². The van der Waals surface area contributed by atoms with Crippen molar-refractivity contribution >= 4 is 11.4 Å². The fraction of sp³-hybridized carbons (Fsp3) is 0.263. The predicted octanol–water partition coefficient (Wildman–Crippen LogP) is 3.93. The summed E-state index contributed by atoms with van der Waals surface area (Å²) in [6.45, 7) is 3.86. The monoisotopic (exact) mass is 334 g/mol. The Balaban J connectivity index is 2.52. The van der Waals surface area contributed by atoms with Crippen molar-refractivity contribution in [2.24, 2.45) is 10.2 Å². The molecule has 6 nitrogen and oxygen atoms in total. The number of rotatable bonds is 5. The van der Waals surface area contributed by atoms with Crippen LogP contribution in [0.25, 0.3) is 0 Å². The molecule has 0 atom stereocenters. The van der Waals surface area contributed by atoms with Crippen LogP contribution in [-0.2, 0) is 6.54 Å². The number of terminal acetylenes is 1. The van der Waals surface area contributed by atoms with E-state index in [-0.39, 0.29) is 17.1 Å². The summed E-state index contributed by atoms with van der Waals surface area (Å²) in [6.07, 6.45) is 6.85. The minimum atomic E-state index is -0.511. The third-order valence-corrected chi connectivity index (χ3v) is 3.80. The molecule has 0 unspecified atom stereocenters. The van der Waals surface area contributed by atoms with E-state index in [4.69, 9.17) is 6.42 Å². The molecule has 1 N–H and O–H groups in total. The Morgan fingerprint density at radius 2 is 1.96 bits per heavy atom. The molecule has 0 radical (unpaired) electrons. The van der Waals surface area contributed by atoms with Crippen LogP contribution in [0.4, 0.5) is 11.4 Å². The standard InChI is InChI=1S/C19H18N4O2/c1-4-6-11-23-18(24)16(12-20)13(3)17(19(23)25)22-21-15-9-7-14(5-2)8-10-15/h2,7-10,25H,4,6,11H2,1,3H3/b22-21+. The lowest BCUT2D eigenvalue weighted by molar-refractivity contribution is 0.402. The maximum atomic E-state index is 12.3. The summed E-state index contributed by atoms with van der Waals surface area (Å²) in [4.78, 5) is 12.3. The molecule has 2 aromatic rings. The third-order valence-electron chi connectivity index (χ3n) is 3.80. The van der Waals surface area contributed by atoms with E-state index in [0.29, 0.717) is 24.2 Å². The highest BCUT2D eigenvalue weighted by Gasteiger charge is 2.18. The second kappa shape index (κ2) is 7.94. The van der Waals surface area contributed by atoms with Crippen molar-refractivity contribution in [3.05, 3.63) is 51.3 Å². The molecule has 0 saturated carbocycles. The Morgan fingerprint density at radius 1 is 1.28 bits per heavy atom. The van der Waals surface area contributed by atoms with Crippen molar-refractivity contribution in [2.45, 2.75) is 33.2 Å². The van der Waals surface area contributed by atoms with E-state index in [1.54, 1.807) is 31.2 Å². The van der Waals surface area contributed by atoms with E-state index in [9.17, 15) is 15.2 Å². The number of nitriles is 1. The first-order valence-corrected chi connectivity index (χ1v) is 7.88. The van der Waals surface area contributed by atoms with E-state index in [1.165, 1.54) is 4.57 Å². The van der Waals surface area contributed by atoms with Gasteiger partial charge in [-0.25, -0.2) is 0 Å². The van der Waals surface area contributed by atoms with Crippen LogP contribution in [0, 0.1) is 30.6 Å². The molecule has 0 bridgehead atoms. The lowest BCUT2D eigenvalue weighted by atomic mass is 10.1. The first kappa shape index (κ1) is 18.0. The number of aromatic hydroxyl groups is 1. The Morgan fingerprint density at radius 3 is 2.52 bits per heavy atom. The normalized spacial score (nSPS) is 10.6. The van der Waals surface area contributed by atoms with Gasteiger partial charge in [0.1, 0.15) is 11.6 Å². The van der Waals surface area contributed by atoms with Gasteiger partial charge >= 0.3 is 0 Å². The SMILES string of the molecule is C#Cc1ccc(/N=N/c2c(C)c(C#N)c(=O)n(CCCC)c2O)cc1. The van der Waals surface area contributed by atoms with Crippen LogP contribution in [0.15, 0.2) is 39.3 Å². The lowest BCUT2D eigenvalue weighted by Crippen LogP contribution is -2.23. The molecule has 0 spiro atoms. The number of unbranched alkanes of at least 4 members (excludes halogenated alkanes) is 1. The second-order valence-electron chi connectivity index (χ2n) is 5.49. The Labute approximate surface area is 146 Å². The fourth-order valence-electron chi connectivity index (χ4n) is 2.31. The van der Waals surface area contributed by atoms with Gasteiger partial charge in [0.2, 0.25) is 5.88 Å². The Kier molecular flexibility index (Phi) is 5.71. The van der Waals surface area contributed by atoms with Crippen LogP contribution in [0.2, 0.25) is 0 Å². The molecular formula is C19H18N4O2. The highest BCUT2D eigenvalue weighted by atomic mass is 16.3. The van der Waals surface area contributed by atoms with Crippen LogP contribution < -0.4 is 5.56 Å². The van der Waals surface area contributed by atoms with E-state index in [1.807, 2.05) is 13.0 Å². The molecule has 0 aliphatic heterocycles. The number of pyridine rings is 1. The van der Waals surface area contributed by atoms with Gasteiger partial charge in [0.15, 0.2) is 5.69 Å². The van der Waals surface area contributed by atoms with Crippen molar-refractivity contribution in [3.8, 4) is 24.3 Å². The number of hydrogen-bond donors (Lipinski definition) is 1. The van der Waals surface area contributed by atoms with Crippen molar-refractivity contribution in [1.82, 2.24) is 4.57 Å². The molecule has 1 aromatic carbocycles. The third kappa shape index (κ3) is 3.76. The van der Waals surface area contributed by atoms with Gasteiger partial charge in [-0.15, -0.1) is 11.5 Å². The number of aromatic nitrogens is 1. The zero-order valence-corrected chi connectivity index (χ0v) is 14.2. The van der Waals surface area contributed by atoms with E-state index in [0.717, 1.165) is 12.0 Å². The molecule has 126 valence electrons. The molecule has 2 rings (SSSR count). The van der Waals surface area contributed by atoms with Gasteiger partial charge in [0.25, 0.3) is 5.56 Å². The molecule has 0 fully saturated rings. The quantitative estimate of drug-likeness (QED) is 0.663. The fourth-order valence-corrected chi connectivity index (χ4v) is 2.31. The number of azo groups is 1. The molecular weight excluding hydrogens is 316 g/mol. The van der Waals surface area contributed by atoms with Gasteiger partial charge in [0, 0.05) is 17.7 Å². The van der Waals surface area contributed by atoms with Crippen LogP contribution >= 0.6 is 0 Å². The molecule has 1 heterocycles. The summed E-state index contributed by atoms with van der Waals surface area (Å²) in [6, 6.07) is 8.74. The summed E-state index contributed by atoms with van der Waals surface area (Å²) in [5.41, 5.74) is 1.14. The highest BCUT2D eigenvalue weighted by Crippen LogP contribution is 2.32. The first-order valence-electron chi connectivity index (χ1n) is 7.88. The van der Waals surface area contributed by atoms with Gasteiger partial charge in [-0.2, -0.15) is 10.4 Å². The van der Waals surface area contributed by atoms with Crippen LogP contribution in [0.5, 0.6) is 5.88 Å². The number of hydrogen-bond acceptors (Lipinski definition) is 5. The predicted molar refractivity (Wildman–Crippen MR) is 95.3 cm³/mol. The molecule has 6 heteroatoms. The molecule has 0 aliphatic carbocycles. The van der Waals surface area contributed by atoms with Gasteiger partial charge in [-0.05, 0) is 37.6 Å². The zero-order chi connectivity index (χ0) is 18.4. The largest absolute Gasteiger partial charge is 0.493 e. The van der Waals surface area contributed by atoms with Gasteiger partial charge in [0.05, 0.1) is 5.69 Å². The summed E-state index contributed by atoms with van der Waals surface area (Å²) in [5, 5.41) is 27.8. The van der Waals surface area contributed by atoms with Gasteiger partial charge in [-0.1, -0.05) is 19.3 Å². The maximum absolute atomic E-state index is 12.3. The summed E-state index contributed by atoms with van der Waals surface area (Å²) < 4.78 is 1.17. The maximum Gasteiger partial charge on any atom is 0.271 e. The smallest absolute Gasteiger partial charge is 0.271 e. The highest BCUT2D eigenvalue weighted by molar-refractivity contribution is 5.59. The molecule has 0 aliphatic rings. The molecule has 25 heavy (non-hydrogen) atoms. The second-order valence-corrected chi connectivity index (χ2v) is 5.49. The van der Waals surface area contributed by atoms with Crippen LogP contribution in [0.3, 0.4) is 0 Å². The van der Waals surface area contributed by atoms with Crippen molar-refractivity contribution < 1.29 is 5.11 Å². The summed E-state index contributed by atoms with van der Waals surface area (Å²) in [7, 11) is 0. The van der Waals surface area contributed by atoms with Gasteiger partial charge in [-0.3, -0.25) is 9.36 Å². The average molecular weight is 334 g/mol. The zero-order valence-electron chi connectivity index (χ0n) is 14.2. The minimum Gasteiger partial charge on any atom is -0.493 e. The van der Waals surface area contributed by atoms with Crippen molar-refractivity contribution in [1.29, 1.82) is 5.26 Å². The number of nitrogens with zero attached hydrogens (tertiary/aromatic N) is 4. The average Bonchev–Trinajstić information content (AvgIpc) is 2.62. The van der Waals surface area contributed by atoms with E-state index in [2.05, 4.69) is 16.1 Å². The van der Waals surface area contributed by atoms with Crippen LogP contribution in [0.1, 0.15) is 36.5 Å². The molecule has 0 amide bonds. The molecule has 0 saturated heterocycles. The van der Waals surface area contributed by atoms with E-state index >= 15 is 0 Å². The Hall–Kier alpha value is -3.38. The van der Waals surface area contributed by atoms with Gasteiger partial charge < -0.3 is 5.11 Å². The topological polar surface area (TPSA) is 90.7 Å². The summed E-state index contributed by atoms with van der Waals surface area (Å²) >= 11 is 0. The minimum absolute atomic E-state index is 0.0365. The summed E-state index contributed by atoms with van der Waals surface area (Å²) in [5.74, 6) is 2.23. The van der Waals surface area contributed by atoms with Crippen molar-refractivity contribution in [2.75, 3.05) is 0 Å². The van der Waals surface area contributed by atoms with E-state index < -0.39 is 5.56 Å².